The molecule has 0 aliphatic heterocycles. The monoisotopic (exact) mass is 320 g/mol. The molecule has 1 aliphatic rings. The van der Waals surface area contributed by atoms with E-state index in [2.05, 4.69) is 10.3 Å². The average Bonchev–Trinajstić information content (AvgIpc) is 3.01. The Kier molecular flexibility index (Phi) is 3.98. The number of carboxylic acid groups (broad SMARTS) is 1. The molecule has 1 aliphatic carbocycles. The van der Waals surface area contributed by atoms with Crippen LogP contribution in [0.3, 0.4) is 0 Å². The number of furan rings is 1. The number of hydrogen-bond donors (Lipinski definition) is 2. The summed E-state index contributed by atoms with van der Waals surface area (Å²) in [5, 5.41) is 12.2. The zero-order valence-corrected chi connectivity index (χ0v) is 13.0. The van der Waals surface area contributed by atoms with Crippen molar-refractivity contribution in [2.24, 2.45) is 0 Å². The summed E-state index contributed by atoms with van der Waals surface area (Å²) in [6.07, 6.45) is 5.35. The number of hydrogen-bond acceptors (Lipinski definition) is 5. The van der Waals surface area contributed by atoms with Crippen LogP contribution in [-0.4, -0.2) is 22.0 Å². The second kappa shape index (κ2) is 5.92. The molecule has 0 aromatic carbocycles. The summed E-state index contributed by atoms with van der Waals surface area (Å²) < 4.78 is 5.19. The van der Waals surface area contributed by atoms with E-state index in [0.717, 1.165) is 31.4 Å². The maximum atomic E-state index is 12.4. The highest BCUT2D eigenvalue weighted by molar-refractivity contribution is 7.15. The number of aliphatic carboxylic acids is 1. The van der Waals surface area contributed by atoms with Crippen molar-refractivity contribution in [3.63, 3.8) is 0 Å². The van der Waals surface area contributed by atoms with Gasteiger partial charge in [-0.3, -0.25) is 14.9 Å². The predicted octanol–water partition coefficient (Wildman–Crippen LogP) is 2.80. The molecule has 2 aromatic rings. The van der Waals surface area contributed by atoms with Gasteiger partial charge in [0.1, 0.15) is 12.2 Å². The maximum absolute atomic E-state index is 12.4. The molecule has 3 rings (SSSR count). The number of carboxylic acids is 1. The van der Waals surface area contributed by atoms with Crippen molar-refractivity contribution in [1.29, 1.82) is 0 Å². The third-order valence-electron chi connectivity index (χ3n) is 3.66. The van der Waals surface area contributed by atoms with E-state index in [0.29, 0.717) is 10.7 Å². The van der Waals surface area contributed by atoms with E-state index in [9.17, 15) is 9.59 Å². The predicted molar refractivity (Wildman–Crippen MR) is 81.5 cm³/mol. The summed E-state index contributed by atoms with van der Waals surface area (Å²) in [6, 6.07) is 0. The number of aryl methyl sites for hydroxylation is 3. The third-order valence-corrected chi connectivity index (χ3v) is 4.73. The van der Waals surface area contributed by atoms with Gasteiger partial charge in [0.15, 0.2) is 5.13 Å². The highest BCUT2D eigenvalue weighted by Crippen LogP contribution is 2.30. The Balaban J connectivity index is 1.81. The normalized spacial score (nSPS) is 13.7. The molecule has 0 fully saturated rings. The molecular weight excluding hydrogens is 304 g/mol. The molecule has 0 bridgehead atoms. The Morgan fingerprint density at radius 1 is 1.41 bits per heavy atom. The molecule has 22 heavy (non-hydrogen) atoms. The fourth-order valence-electron chi connectivity index (χ4n) is 2.64. The molecule has 0 radical (unpaired) electrons. The van der Waals surface area contributed by atoms with E-state index < -0.39 is 5.97 Å². The Bertz CT molecular complexity index is 708. The molecule has 2 N–H and O–H groups in total. The zero-order valence-electron chi connectivity index (χ0n) is 12.1. The van der Waals surface area contributed by atoms with E-state index >= 15 is 0 Å². The standard InChI is InChI=1S/C15H16N2O4S/c1-8-7-21-10(6-12(18)19)13(8)14(20)17-15-16-9-4-2-3-5-11(9)22-15/h7H,2-6H2,1H3,(H,18,19)(H,16,17,20). The molecule has 116 valence electrons. The zero-order chi connectivity index (χ0) is 15.7. The van der Waals surface area contributed by atoms with Gasteiger partial charge in [0.2, 0.25) is 0 Å². The van der Waals surface area contributed by atoms with E-state index in [-0.39, 0.29) is 23.7 Å². The van der Waals surface area contributed by atoms with Crippen LogP contribution < -0.4 is 5.32 Å². The van der Waals surface area contributed by atoms with Crippen molar-refractivity contribution in [2.45, 2.75) is 39.0 Å². The lowest BCUT2D eigenvalue weighted by Crippen LogP contribution is -2.15. The number of carbonyl (C=O) groups excluding carboxylic acids is 1. The molecule has 0 saturated heterocycles. The number of carbonyl (C=O) groups is 2. The van der Waals surface area contributed by atoms with E-state index in [1.807, 2.05) is 0 Å². The van der Waals surface area contributed by atoms with Gasteiger partial charge in [-0.25, -0.2) is 4.98 Å². The lowest BCUT2D eigenvalue weighted by molar-refractivity contribution is -0.136. The smallest absolute Gasteiger partial charge is 0.311 e. The van der Waals surface area contributed by atoms with Crippen LogP contribution in [0.1, 0.15) is 45.1 Å². The van der Waals surface area contributed by atoms with E-state index in [1.54, 1.807) is 6.92 Å². The van der Waals surface area contributed by atoms with E-state index in [1.165, 1.54) is 22.5 Å². The first kappa shape index (κ1) is 14.8. The number of aromatic nitrogens is 1. The van der Waals surface area contributed by atoms with Crippen molar-refractivity contribution in [3.8, 4) is 0 Å². The first-order valence-electron chi connectivity index (χ1n) is 7.13. The summed E-state index contributed by atoms with van der Waals surface area (Å²) in [6.45, 7) is 1.72. The summed E-state index contributed by atoms with van der Waals surface area (Å²) in [5.74, 6) is -1.23. The molecule has 1 amide bonds. The topological polar surface area (TPSA) is 92.4 Å². The number of anilines is 1. The van der Waals surface area contributed by atoms with Crippen LogP contribution in [0.25, 0.3) is 0 Å². The first-order chi connectivity index (χ1) is 10.5. The summed E-state index contributed by atoms with van der Waals surface area (Å²) in [7, 11) is 0. The van der Waals surface area contributed by atoms with Gasteiger partial charge in [0.05, 0.1) is 17.5 Å². The number of amides is 1. The van der Waals surface area contributed by atoms with Crippen molar-refractivity contribution >= 4 is 28.3 Å². The number of rotatable bonds is 4. The second-order valence-corrected chi connectivity index (χ2v) is 6.42. The van der Waals surface area contributed by atoms with Gasteiger partial charge in [0, 0.05) is 10.4 Å². The van der Waals surface area contributed by atoms with Crippen LogP contribution >= 0.6 is 11.3 Å². The molecule has 0 unspecified atom stereocenters. The van der Waals surface area contributed by atoms with Crippen LogP contribution in [0.5, 0.6) is 0 Å². The fourth-order valence-corrected chi connectivity index (χ4v) is 3.68. The van der Waals surface area contributed by atoms with Gasteiger partial charge in [-0.2, -0.15) is 0 Å². The largest absolute Gasteiger partial charge is 0.481 e. The molecule has 7 heteroatoms. The van der Waals surface area contributed by atoms with Gasteiger partial charge in [-0.1, -0.05) is 0 Å². The maximum Gasteiger partial charge on any atom is 0.311 e. The summed E-state index contributed by atoms with van der Waals surface area (Å²) in [5.41, 5.74) is 1.98. The highest BCUT2D eigenvalue weighted by Gasteiger charge is 2.22. The number of thiazole rings is 1. The minimum atomic E-state index is -1.03. The summed E-state index contributed by atoms with van der Waals surface area (Å²) in [4.78, 5) is 28.9. The Labute approximate surface area is 131 Å². The minimum absolute atomic E-state index is 0.170. The van der Waals surface area contributed by atoms with Crippen molar-refractivity contribution < 1.29 is 19.1 Å². The summed E-state index contributed by atoms with van der Waals surface area (Å²) >= 11 is 1.50. The first-order valence-corrected chi connectivity index (χ1v) is 7.95. The van der Waals surface area contributed by atoms with Gasteiger partial charge >= 0.3 is 5.97 Å². The molecular formula is C15H16N2O4S. The molecule has 0 spiro atoms. The van der Waals surface area contributed by atoms with Crippen LogP contribution in [0.4, 0.5) is 5.13 Å². The SMILES string of the molecule is Cc1coc(CC(=O)O)c1C(=O)Nc1nc2c(s1)CCCC2. The van der Waals surface area contributed by atoms with Gasteiger partial charge in [-0.05, 0) is 32.6 Å². The van der Waals surface area contributed by atoms with E-state index in [4.69, 9.17) is 9.52 Å². The average molecular weight is 320 g/mol. The number of fused-ring (bicyclic) bond motifs is 1. The third kappa shape index (κ3) is 2.89. The molecule has 6 nitrogen and oxygen atoms in total. The van der Waals surface area contributed by atoms with Gasteiger partial charge in [-0.15, -0.1) is 11.3 Å². The quantitative estimate of drug-likeness (QED) is 0.903. The van der Waals surface area contributed by atoms with Crippen LogP contribution in [0.2, 0.25) is 0 Å². The van der Waals surface area contributed by atoms with Crippen molar-refractivity contribution in [3.05, 3.63) is 33.7 Å². The Morgan fingerprint density at radius 2 is 2.18 bits per heavy atom. The molecule has 2 heterocycles. The molecule has 0 saturated carbocycles. The van der Waals surface area contributed by atoms with Crippen LogP contribution in [0, 0.1) is 6.92 Å². The second-order valence-electron chi connectivity index (χ2n) is 5.34. The van der Waals surface area contributed by atoms with Crippen LogP contribution in [0.15, 0.2) is 10.7 Å². The van der Waals surface area contributed by atoms with Gasteiger partial charge < -0.3 is 9.52 Å². The number of nitrogens with zero attached hydrogens (tertiary/aromatic N) is 1. The van der Waals surface area contributed by atoms with Gasteiger partial charge in [0.25, 0.3) is 5.91 Å². The Morgan fingerprint density at radius 3 is 2.91 bits per heavy atom. The molecule has 2 aromatic heterocycles. The number of nitrogens with one attached hydrogen (secondary N) is 1. The van der Waals surface area contributed by atoms with Crippen molar-refractivity contribution in [1.82, 2.24) is 4.98 Å². The lowest BCUT2D eigenvalue weighted by atomic mass is 10.0. The lowest BCUT2D eigenvalue weighted by Gasteiger charge is -2.06. The highest BCUT2D eigenvalue weighted by atomic mass is 32.1. The Hall–Kier alpha value is -2.15. The minimum Gasteiger partial charge on any atom is -0.481 e. The van der Waals surface area contributed by atoms with Crippen LogP contribution in [-0.2, 0) is 24.1 Å². The molecule has 0 atom stereocenters. The van der Waals surface area contributed by atoms with Crippen molar-refractivity contribution in [2.75, 3.05) is 5.32 Å². The fraction of sp³-hybridized carbons (Fsp3) is 0.400.